The summed E-state index contributed by atoms with van der Waals surface area (Å²) in [6.07, 6.45) is 3.88. The maximum Gasteiger partial charge on any atom is 0.410 e. The Morgan fingerprint density at radius 2 is 1.94 bits per heavy atom. The summed E-state index contributed by atoms with van der Waals surface area (Å²) >= 11 is 0. The highest BCUT2D eigenvalue weighted by molar-refractivity contribution is 5.85. The van der Waals surface area contributed by atoms with Crippen LogP contribution in [0.25, 0.3) is 0 Å². The van der Waals surface area contributed by atoms with Crippen LogP contribution in [0.4, 0.5) is 16.4 Å². The smallest absolute Gasteiger partial charge is 0.410 e. The highest BCUT2D eigenvalue weighted by atomic mass is 35.5. The second kappa shape index (κ2) is 4.68. The summed E-state index contributed by atoms with van der Waals surface area (Å²) in [5.74, 6) is 3.28. The Bertz CT molecular complexity index is 442. The lowest BCUT2D eigenvalue weighted by molar-refractivity contribution is 0.209. The highest BCUT2D eigenvalue weighted by Crippen LogP contribution is 2.54. The third kappa shape index (κ3) is 2.53. The summed E-state index contributed by atoms with van der Waals surface area (Å²) in [7, 11) is 0. The van der Waals surface area contributed by atoms with Crippen LogP contribution < -0.4 is 11.1 Å². The Labute approximate surface area is 111 Å². The Balaban J connectivity index is 0.00000120. The van der Waals surface area contributed by atoms with Crippen molar-refractivity contribution in [2.75, 3.05) is 11.1 Å². The zero-order chi connectivity index (χ0) is 12.0. The molecule has 1 aromatic rings. The van der Waals surface area contributed by atoms with E-state index in [1.165, 1.54) is 25.7 Å². The van der Waals surface area contributed by atoms with E-state index in [0.29, 0.717) is 23.6 Å². The second-order valence-corrected chi connectivity index (χ2v) is 5.02. The molecule has 1 aromatic heterocycles. The molecule has 0 aliphatic heterocycles. The van der Waals surface area contributed by atoms with Gasteiger partial charge in [0.15, 0.2) is 5.82 Å². The van der Waals surface area contributed by atoms with Gasteiger partial charge in [0.1, 0.15) is 11.6 Å². The number of nitrogens with zero attached hydrogens (tertiary/aromatic N) is 1. The van der Waals surface area contributed by atoms with Crippen LogP contribution in [-0.4, -0.2) is 21.2 Å². The van der Waals surface area contributed by atoms with Crippen molar-refractivity contribution in [3.05, 3.63) is 5.82 Å². The zero-order valence-corrected chi connectivity index (χ0v) is 10.7. The molecule has 1 heterocycles. The molecule has 0 unspecified atom stereocenters. The molecule has 0 spiro atoms. The molecule has 2 saturated carbocycles. The fraction of sp³-hybridized carbons (Fsp3) is 0.636. The first-order chi connectivity index (χ1) is 8.15. The number of carbonyl (C=O) groups is 1. The van der Waals surface area contributed by atoms with Crippen molar-refractivity contribution in [1.82, 2.24) is 9.97 Å². The maximum absolute atomic E-state index is 10.6. The summed E-state index contributed by atoms with van der Waals surface area (Å²) in [5, 5.41) is 10.9. The number of imidazole rings is 1. The number of hydrogen-bond acceptors (Lipinski definition) is 3. The number of H-pyrrole nitrogens is 1. The van der Waals surface area contributed by atoms with Gasteiger partial charge in [0, 0.05) is 5.92 Å². The summed E-state index contributed by atoms with van der Waals surface area (Å²) in [6.45, 7) is 0. The van der Waals surface area contributed by atoms with Crippen LogP contribution in [0.5, 0.6) is 0 Å². The number of carboxylic acid groups (broad SMARTS) is 1. The Morgan fingerprint density at radius 1 is 1.39 bits per heavy atom. The minimum Gasteiger partial charge on any atom is -0.465 e. The van der Waals surface area contributed by atoms with E-state index >= 15 is 0 Å². The monoisotopic (exact) mass is 272 g/mol. The quantitative estimate of drug-likeness (QED) is 0.675. The lowest BCUT2D eigenvalue weighted by Gasteiger charge is -2.11. The molecule has 5 N–H and O–H groups in total. The van der Waals surface area contributed by atoms with Crippen molar-refractivity contribution in [3.8, 4) is 0 Å². The summed E-state index contributed by atoms with van der Waals surface area (Å²) in [5.41, 5.74) is 5.72. The van der Waals surface area contributed by atoms with E-state index in [0.717, 1.165) is 5.82 Å². The van der Waals surface area contributed by atoms with Crippen molar-refractivity contribution in [2.45, 2.75) is 31.6 Å². The van der Waals surface area contributed by atoms with Gasteiger partial charge in [0.05, 0.1) is 0 Å². The number of anilines is 2. The number of nitrogen functional groups attached to an aromatic ring is 1. The molecule has 1 amide bonds. The van der Waals surface area contributed by atoms with Crippen LogP contribution in [0.1, 0.15) is 37.4 Å². The number of halogens is 1. The minimum absolute atomic E-state index is 0. The molecular formula is C11H17ClN4O2. The van der Waals surface area contributed by atoms with Gasteiger partial charge in [0.2, 0.25) is 0 Å². The third-order valence-corrected chi connectivity index (χ3v) is 3.55. The molecule has 100 valence electrons. The Hall–Kier alpha value is -1.43. The number of amides is 1. The topological polar surface area (TPSA) is 104 Å². The average Bonchev–Trinajstić information content (AvgIpc) is 3.09. The zero-order valence-electron chi connectivity index (χ0n) is 9.85. The summed E-state index contributed by atoms with van der Waals surface area (Å²) in [4.78, 5) is 17.9. The fourth-order valence-corrected chi connectivity index (χ4v) is 2.50. The van der Waals surface area contributed by atoms with Gasteiger partial charge in [-0.15, -0.1) is 12.4 Å². The molecular weight excluding hydrogens is 256 g/mol. The predicted octanol–water partition coefficient (Wildman–Crippen LogP) is 2.41. The van der Waals surface area contributed by atoms with E-state index in [9.17, 15) is 4.79 Å². The van der Waals surface area contributed by atoms with Crippen LogP contribution in [0.2, 0.25) is 0 Å². The maximum atomic E-state index is 10.6. The number of hydrogen-bond donors (Lipinski definition) is 4. The molecule has 0 aromatic carbocycles. The number of aromatic amines is 1. The largest absolute Gasteiger partial charge is 0.465 e. The van der Waals surface area contributed by atoms with Gasteiger partial charge in [0.25, 0.3) is 0 Å². The van der Waals surface area contributed by atoms with Gasteiger partial charge in [-0.2, -0.15) is 0 Å². The van der Waals surface area contributed by atoms with E-state index in [-0.39, 0.29) is 18.2 Å². The molecule has 2 fully saturated rings. The molecule has 2 aliphatic rings. The van der Waals surface area contributed by atoms with Gasteiger partial charge < -0.3 is 15.8 Å². The summed E-state index contributed by atoms with van der Waals surface area (Å²) in [6, 6.07) is 0. The molecule has 18 heavy (non-hydrogen) atoms. The van der Waals surface area contributed by atoms with Crippen LogP contribution in [0, 0.1) is 11.8 Å². The van der Waals surface area contributed by atoms with Crippen LogP contribution in [0.3, 0.4) is 0 Å². The fourth-order valence-electron chi connectivity index (χ4n) is 2.50. The van der Waals surface area contributed by atoms with E-state index in [1.807, 2.05) is 0 Å². The van der Waals surface area contributed by atoms with Crippen molar-refractivity contribution in [2.24, 2.45) is 11.8 Å². The molecule has 6 nitrogen and oxygen atoms in total. The van der Waals surface area contributed by atoms with Crippen molar-refractivity contribution in [3.63, 3.8) is 0 Å². The standard InChI is InChI=1S/C11H16N4O2.ClH/c12-8-10(15-11(16)17)14-9(13-8)7(5-1-2-5)6-3-4-6;/h5-7,15H,1-4,12H2,(H,13,14)(H,16,17);1H. The van der Waals surface area contributed by atoms with Gasteiger partial charge in [-0.05, 0) is 37.5 Å². The predicted molar refractivity (Wildman–Crippen MR) is 70.1 cm³/mol. The molecule has 3 rings (SSSR count). The third-order valence-electron chi connectivity index (χ3n) is 3.55. The lowest BCUT2D eigenvalue weighted by Crippen LogP contribution is -2.09. The first-order valence-corrected chi connectivity index (χ1v) is 6.00. The van der Waals surface area contributed by atoms with Crippen LogP contribution in [0.15, 0.2) is 0 Å². The lowest BCUT2D eigenvalue weighted by atomic mass is 9.97. The van der Waals surface area contributed by atoms with Gasteiger partial charge >= 0.3 is 6.09 Å². The Kier molecular flexibility index (Phi) is 3.38. The van der Waals surface area contributed by atoms with Crippen molar-refractivity contribution < 1.29 is 9.90 Å². The van der Waals surface area contributed by atoms with Crippen molar-refractivity contribution in [1.29, 1.82) is 0 Å². The highest BCUT2D eigenvalue weighted by Gasteiger charge is 2.44. The number of nitrogens with two attached hydrogens (primary N) is 1. The van der Waals surface area contributed by atoms with Crippen molar-refractivity contribution >= 4 is 30.1 Å². The molecule has 7 heteroatoms. The second-order valence-electron chi connectivity index (χ2n) is 5.02. The molecule has 0 bridgehead atoms. The molecule has 0 radical (unpaired) electrons. The van der Waals surface area contributed by atoms with E-state index in [2.05, 4.69) is 15.3 Å². The van der Waals surface area contributed by atoms with E-state index in [4.69, 9.17) is 10.8 Å². The SMILES string of the molecule is Cl.Nc1[nH]c(C(C2CC2)C2CC2)nc1NC(=O)O. The van der Waals surface area contributed by atoms with E-state index in [1.54, 1.807) is 0 Å². The first kappa shape index (κ1) is 13.0. The normalized spacial score (nSPS) is 18.5. The molecule has 0 saturated heterocycles. The number of rotatable bonds is 4. The Morgan fingerprint density at radius 3 is 2.39 bits per heavy atom. The van der Waals surface area contributed by atoms with Gasteiger partial charge in [-0.3, -0.25) is 5.32 Å². The number of aromatic nitrogens is 2. The van der Waals surface area contributed by atoms with Gasteiger partial charge in [-0.25, -0.2) is 9.78 Å². The van der Waals surface area contributed by atoms with E-state index < -0.39 is 6.09 Å². The molecule has 2 aliphatic carbocycles. The summed E-state index contributed by atoms with van der Waals surface area (Å²) < 4.78 is 0. The molecule has 0 atom stereocenters. The van der Waals surface area contributed by atoms with Gasteiger partial charge in [-0.1, -0.05) is 0 Å². The minimum atomic E-state index is -1.14. The average molecular weight is 273 g/mol. The van der Waals surface area contributed by atoms with Crippen LogP contribution in [-0.2, 0) is 0 Å². The first-order valence-electron chi connectivity index (χ1n) is 6.00. The number of nitrogens with one attached hydrogen (secondary N) is 2. The van der Waals surface area contributed by atoms with Crippen LogP contribution >= 0.6 is 12.4 Å².